The van der Waals surface area contributed by atoms with Crippen LogP contribution in [0.1, 0.15) is 17.5 Å². The van der Waals surface area contributed by atoms with Gasteiger partial charge in [0.05, 0.1) is 44.7 Å². The molecule has 0 N–H and O–H groups in total. The fourth-order valence-corrected chi connectivity index (χ4v) is 11.9. The number of rotatable bonds is 8. The number of aromatic nitrogens is 6. The Bertz CT molecular complexity index is 4540. The van der Waals surface area contributed by atoms with Crippen LogP contribution in [0.25, 0.3) is 110 Å². The van der Waals surface area contributed by atoms with E-state index < -0.39 is 0 Å². The van der Waals surface area contributed by atoms with Crippen LogP contribution in [0.2, 0.25) is 0 Å². The maximum absolute atomic E-state index is 5.21. The molecular formula is C66H42N8S. The van der Waals surface area contributed by atoms with Crippen molar-refractivity contribution in [2.45, 2.75) is 6.42 Å². The van der Waals surface area contributed by atoms with Gasteiger partial charge >= 0.3 is 0 Å². The zero-order valence-electron chi connectivity index (χ0n) is 40.3. The van der Waals surface area contributed by atoms with Crippen molar-refractivity contribution in [3.05, 3.63) is 253 Å². The first kappa shape index (κ1) is 42.9. The van der Waals surface area contributed by atoms with E-state index in [4.69, 9.17) is 30.2 Å². The van der Waals surface area contributed by atoms with Crippen LogP contribution in [0.15, 0.2) is 252 Å². The molecule has 8 nitrogen and oxygen atoms in total. The Kier molecular flexibility index (Phi) is 10.0. The van der Waals surface area contributed by atoms with Gasteiger partial charge in [-0.05, 0) is 96.9 Å². The molecule has 2 aliphatic rings. The van der Waals surface area contributed by atoms with Gasteiger partial charge in [0.1, 0.15) is 10.0 Å². The van der Waals surface area contributed by atoms with E-state index >= 15 is 0 Å². The third-order valence-corrected chi connectivity index (χ3v) is 15.7. The lowest BCUT2D eigenvalue weighted by atomic mass is 9.87. The topological polar surface area (TPSA) is 86.1 Å². The lowest BCUT2D eigenvalue weighted by Gasteiger charge is -2.25. The molecule has 9 aromatic carbocycles. The predicted molar refractivity (Wildman–Crippen MR) is 308 cm³/mol. The van der Waals surface area contributed by atoms with Crippen LogP contribution >= 0.6 is 11.3 Å². The van der Waals surface area contributed by atoms with E-state index in [0.717, 1.165) is 117 Å². The van der Waals surface area contributed by atoms with Crippen molar-refractivity contribution >= 4 is 77.4 Å². The summed E-state index contributed by atoms with van der Waals surface area (Å²) in [4.78, 5) is 20.5. The average Bonchev–Trinajstić information content (AvgIpc) is 4.22. The summed E-state index contributed by atoms with van der Waals surface area (Å²) in [5.41, 5.74) is 16.7. The summed E-state index contributed by atoms with van der Waals surface area (Å²) in [7, 11) is 0. The minimum atomic E-state index is 0.150. The quantitative estimate of drug-likeness (QED) is 0.152. The number of para-hydroxylation sites is 3. The molecule has 1 aliphatic carbocycles. The average molecular weight is 979 g/mol. The Morgan fingerprint density at radius 2 is 0.933 bits per heavy atom. The molecule has 1 unspecified atom stereocenters. The molecule has 4 aromatic heterocycles. The first-order chi connectivity index (χ1) is 37.2. The highest BCUT2D eigenvalue weighted by molar-refractivity contribution is 7.17. The normalized spacial score (nSPS) is 14.4. The summed E-state index contributed by atoms with van der Waals surface area (Å²) in [6.07, 6.45) is 7.33. The van der Waals surface area contributed by atoms with Crippen molar-refractivity contribution in [2.24, 2.45) is 15.9 Å². The van der Waals surface area contributed by atoms with Gasteiger partial charge in [-0.25, -0.2) is 20.0 Å². The zero-order valence-corrected chi connectivity index (χ0v) is 41.1. The first-order valence-corrected chi connectivity index (χ1v) is 26.0. The molecule has 0 bridgehead atoms. The first-order valence-electron chi connectivity index (χ1n) is 25.2. The number of fused-ring (bicyclic) bond motifs is 8. The predicted octanol–water partition coefficient (Wildman–Crippen LogP) is 16.1. The second-order valence-corrected chi connectivity index (χ2v) is 20.0. The number of amidine groups is 1. The summed E-state index contributed by atoms with van der Waals surface area (Å²) in [6.45, 7) is 0. The lowest BCUT2D eigenvalue weighted by Crippen LogP contribution is -2.24. The summed E-state index contributed by atoms with van der Waals surface area (Å²) in [6, 6.07) is 76.9. The Balaban J connectivity index is 0.773. The highest BCUT2D eigenvalue weighted by atomic mass is 32.1. The number of nitrogens with zero attached hydrogens (tertiary/aromatic N) is 8. The van der Waals surface area contributed by atoms with Crippen molar-refractivity contribution in [1.29, 1.82) is 0 Å². The van der Waals surface area contributed by atoms with Crippen molar-refractivity contribution in [3.8, 4) is 55.2 Å². The van der Waals surface area contributed by atoms with Crippen LogP contribution in [0.4, 0.5) is 0 Å². The Hall–Kier alpha value is -9.70. The maximum atomic E-state index is 5.21. The van der Waals surface area contributed by atoms with E-state index in [-0.39, 0.29) is 5.92 Å². The molecule has 15 rings (SSSR count). The highest BCUT2D eigenvalue weighted by Gasteiger charge is 2.28. The van der Waals surface area contributed by atoms with Gasteiger partial charge in [0.15, 0.2) is 11.7 Å². The molecule has 0 saturated heterocycles. The number of aliphatic imine (C=N–C) groups is 2. The van der Waals surface area contributed by atoms with Crippen LogP contribution in [0.5, 0.6) is 0 Å². The van der Waals surface area contributed by atoms with E-state index in [2.05, 4.69) is 228 Å². The molecule has 9 heteroatoms. The molecule has 352 valence electrons. The van der Waals surface area contributed by atoms with Gasteiger partial charge in [-0.15, -0.1) is 10.2 Å². The van der Waals surface area contributed by atoms with Gasteiger partial charge in [-0.2, -0.15) is 0 Å². The van der Waals surface area contributed by atoms with E-state index in [1.165, 1.54) is 21.5 Å². The second kappa shape index (κ2) is 17.5. The molecule has 0 radical (unpaired) electrons. The molecule has 1 aliphatic heterocycles. The van der Waals surface area contributed by atoms with Crippen molar-refractivity contribution in [1.82, 2.24) is 29.3 Å². The van der Waals surface area contributed by atoms with Crippen LogP contribution in [0.3, 0.4) is 0 Å². The third kappa shape index (κ3) is 7.27. The summed E-state index contributed by atoms with van der Waals surface area (Å²) >= 11 is 1.61. The molecule has 1 atom stereocenters. The number of benzene rings is 9. The van der Waals surface area contributed by atoms with E-state index in [1.807, 2.05) is 18.2 Å². The van der Waals surface area contributed by atoms with Crippen molar-refractivity contribution in [2.75, 3.05) is 0 Å². The Morgan fingerprint density at radius 1 is 0.413 bits per heavy atom. The molecule has 75 heavy (non-hydrogen) atoms. The van der Waals surface area contributed by atoms with E-state index in [1.54, 1.807) is 11.3 Å². The Morgan fingerprint density at radius 3 is 1.56 bits per heavy atom. The number of hydrogen-bond acceptors (Lipinski definition) is 7. The van der Waals surface area contributed by atoms with Crippen LogP contribution in [0, 0.1) is 5.92 Å². The number of allylic oxidation sites excluding steroid dienone is 4. The molecule has 13 aromatic rings. The minimum absolute atomic E-state index is 0.150. The fourth-order valence-electron chi connectivity index (χ4n) is 11.1. The van der Waals surface area contributed by atoms with E-state index in [9.17, 15) is 0 Å². The molecule has 5 heterocycles. The van der Waals surface area contributed by atoms with Crippen LogP contribution < -0.4 is 0 Å². The standard InChI is InChI=1S/C66H42N8S/c1-3-15-41(16-4-1)61-53-21-7-11-23-55(53)67-63(69-61)43-27-33-47(34-28-43)73-57-25-13-9-19-49(57)51-37-31-45(39-59(51)73)65-71-72-66(75-65)46-32-38-52-50-20-10-14-26-58(50)74(60(52)40-46)48-35-29-44(30-36-48)64-68-56-24-12-8-22-54(56)62(70-64)42-17-5-2-6-18-42/h1-21,23-40,54H,22H2. The minimum Gasteiger partial charge on any atom is -0.309 e. The van der Waals surface area contributed by atoms with Gasteiger partial charge in [0.25, 0.3) is 0 Å². The van der Waals surface area contributed by atoms with Gasteiger partial charge in [0.2, 0.25) is 0 Å². The molecular weight excluding hydrogens is 937 g/mol. The Labute approximate surface area is 435 Å². The third-order valence-electron chi connectivity index (χ3n) is 14.7. The molecule has 0 fully saturated rings. The van der Waals surface area contributed by atoms with Gasteiger partial charge in [0, 0.05) is 72.0 Å². The van der Waals surface area contributed by atoms with E-state index in [0.29, 0.717) is 5.82 Å². The van der Waals surface area contributed by atoms with Gasteiger partial charge in [-0.3, -0.25) is 0 Å². The van der Waals surface area contributed by atoms with Crippen LogP contribution in [-0.4, -0.2) is 40.8 Å². The zero-order chi connectivity index (χ0) is 49.4. The summed E-state index contributed by atoms with van der Waals surface area (Å²) in [5.74, 6) is 1.57. The summed E-state index contributed by atoms with van der Waals surface area (Å²) < 4.78 is 4.69. The maximum Gasteiger partial charge on any atom is 0.160 e. The largest absolute Gasteiger partial charge is 0.309 e. The number of hydrogen-bond donors (Lipinski definition) is 0. The SMILES string of the molecule is C1=CCC2C(=C1)N=C(c1ccc(-n3c4ccccc4c4ccc(-c5nnc(-c6ccc7c8ccccc8n(-c8ccc(-c9nc(-c%10ccccc%10)c%10ccccc%10n9)cc8)c7c6)s5)cc43)cc1)N=C2c1ccccc1. The van der Waals surface area contributed by atoms with Gasteiger partial charge < -0.3 is 9.13 Å². The second-order valence-electron chi connectivity index (χ2n) is 19.1. The summed E-state index contributed by atoms with van der Waals surface area (Å²) in [5, 5.41) is 17.1. The monoisotopic (exact) mass is 978 g/mol. The fraction of sp³-hybridized carbons (Fsp3) is 0.0303. The lowest BCUT2D eigenvalue weighted by molar-refractivity contribution is 0.788. The molecule has 0 amide bonds. The van der Waals surface area contributed by atoms with Crippen molar-refractivity contribution in [3.63, 3.8) is 0 Å². The highest BCUT2D eigenvalue weighted by Crippen LogP contribution is 2.40. The van der Waals surface area contributed by atoms with Crippen molar-refractivity contribution < 1.29 is 0 Å². The smallest absolute Gasteiger partial charge is 0.160 e. The molecule has 0 saturated carbocycles. The molecule has 0 spiro atoms. The van der Waals surface area contributed by atoms with Crippen LogP contribution in [-0.2, 0) is 0 Å². The van der Waals surface area contributed by atoms with Gasteiger partial charge in [-0.1, -0.05) is 163 Å².